The van der Waals surface area contributed by atoms with E-state index in [1.807, 2.05) is 0 Å². The topological polar surface area (TPSA) is 34.4 Å². The molecule has 0 aromatic heterocycles. The summed E-state index contributed by atoms with van der Waals surface area (Å²) in [5, 5.41) is 4.15. The Morgan fingerprint density at radius 1 is 1.33 bits per heavy atom. The number of piperazine rings is 1. The zero-order valence-electron chi connectivity index (χ0n) is 8.32. The molecule has 79 valence electrons. The van der Waals surface area contributed by atoms with Gasteiger partial charge in [-0.1, -0.05) is 6.07 Å². The van der Waals surface area contributed by atoms with Crippen LogP contribution in [0, 0.1) is 5.82 Å². The molecule has 1 fully saturated rings. The first-order chi connectivity index (χ1) is 7.27. The van der Waals surface area contributed by atoms with Crippen LogP contribution in [0.1, 0.15) is 10.4 Å². The molecular weight excluding hydrogens is 195 g/mol. The van der Waals surface area contributed by atoms with E-state index in [4.69, 9.17) is 0 Å². The molecule has 0 spiro atoms. The summed E-state index contributed by atoms with van der Waals surface area (Å²) in [7, 11) is 0. The molecule has 0 bridgehead atoms. The molecule has 1 aliphatic rings. The Morgan fingerprint density at radius 3 is 2.73 bits per heavy atom. The van der Waals surface area contributed by atoms with Crippen molar-refractivity contribution in [1.29, 1.82) is 0 Å². The zero-order valence-corrected chi connectivity index (χ0v) is 8.32. The van der Waals surface area contributed by atoms with Crippen molar-refractivity contribution in [2.24, 2.45) is 0 Å². The third kappa shape index (κ3) is 2.33. The lowest BCUT2D eigenvalue weighted by molar-refractivity contribution is 0.0733. The molecule has 1 aromatic carbocycles. The molecule has 1 aliphatic heterocycles. The fourth-order valence-electron chi connectivity index (χ4n) is 1.61. The standard InChI is InChI=1S/C11H12FN2O/c12-10-3-1-2-9(8-10)11(15)14-6-4-13-5-7-14/h1-3,8H,4-7H2. The molecule has 0 aliphatic carbocycles. The number of rotatable bonds is 1. The van der Waals surface area contributed by atoms with Gasteiger partial charge in [0.2, 0.25) is 0 Å². The molecule has 0 N–H and O–H groups in total. The maximum Gasteiger partial charge on any atom is 0.254 e. The molecule has 15 heavy (non-hydrogen) atoms. The van der Waals surface area contributed by atoms with E-state index < -0.39 is 0 Å². The molecule has 1 amide bonds. The Labute approximate surface area is 87.9 Å². The van der Waals surface area contributed by atoms with Gasteiger partial charge in [0.25, 0.3) is 5.91 Å². The lowest BCUT2D eigenvalue weighted by Gasteiger charge is -2.26. The predicted octanol–water partition coefficient (Wildman–Crippen LogP) is 0.886. The lowest BCUT2D eigenvalue weighted by Crippen LogP contribution is -2.43. The fraction of sp³-hybridized carbons (Fsp3) is 0.364. The molecule has 3 nitrogen and oxygen atoms in total. The number of carbonyl (C=O) groups is 1. The summed E-state index contributed by atoms with van der Waals surface area (Å²) < 4.78 is 12.9. The predicted molar refractivity (Wildman–Crippen MR) is 54.2 cm³/mol. The summed E-state index contributed by atoms with van der Waals surface area (Å²) in [4.78, 5) is 13.6. The van der Waals surface area contributed by atoms with Gasteiger partial charge in [-0.25, -0.2) is 9.71 Å². The maximum absolute atomic E-state index is 12.9. The first-order valence-corrected chi connectivity index (χ1v) is 4.95. The smallest absolute Gasteiger partial charge is 0.254 e. The van der Waals surface area contributed by atoms with Crippen molar-refractivity contribution >= 4 is 5.91 Å². The summed E-state index contributed by atoms with van der Waals surface area (Å²) in [6, 6.07) is 5.80. The minimum atomic E-state index is -0.373. The lowest BCUT2D eigenvalue weighted by atomic mass is 10.2. The number of halogens is 1. The van der Waals surface area contributed by atoms with Crippen LogP contribution in [0.2, 0.25) is 0 Å². The van der Waals surface area contributed by atoms with Crippen molar-refractivity contribution < 1.29 is 9.18 Å². The molecular formula is C11H12FN2O. The van der Waals surface area contributed by atoms with Crippen molar-refractivity contribution in [3.63, 3.8) is 0 Å². The molecule has 1 saturated heterocycles. The molecule has 0 saturated carbocycles. The van der Waals surface area contributed by atoms with Crippen LogP contribution in [-0.2, 0) is 0 Å². The second-order valence-corrected chi connectivity index (χ2v) is 3.47. The monoisotopic (exact) mass is 207 g/mol. The highest BCUT2D eigenvalue weighted by Crippen LogP contribution is 2.08. The van der Waals surface area contributed by atoms with Crippen LogP contribution in [-0.4, -0.2) is 37.0 Å². The van der Waals surface area contributed by atoms with Gasteiger partial charge in [-0.2, -0.15) is 0 Å². The van der Waals surface area contributed by atoms with Gasteiger partial charge >= 0.3 is 0 Å². The van der Waals surface area contributed by atoms with Crippen LogP contribution in [0.15, 0.2) is 24.3 Å². The van der Waals surface area contributed by atoms with E-state index in [0.717, 1.165) is 0 Å². The van der Waals surface area contributed by atoms with Crippen molar-refractivity contribution in [3.8, 4) is 0 Å². The normalized spacial score (nSPS) is 16.5. The number of nitrogens with zero attached hydrogens (tertiary/aromatic N) is 2. The summed E-state index contributed by atoms with van der Waals surface area (Å²) in [5.74, 6) is -0.480. The third-order valence-electron chi connectivity index (χ3n) is 2.41. The SMILES string of the molecule is O=C(c1cccc(F)c1)N1CC[N]CC1. The van der Waals surface area contributed by atoms with E-state index in [2.05, 4.69) is 5.32 Å². The highest BCUT2D eigenvalue weighted by atomic mass is 19.1. The van der Waals surface area contributed by atoms with Gasteiger partial charge in [0, 0.05) is 31.7 Å². The number of benzene rings is 1. The summed E-state index contributed by atoms with van der Waals surface area (Å²) in [5.41, 5.74) is 0.414. The van der Waals surface area contributed by atoms with E-state index in [-0.39, 0.29) is 11.7 Å². The van der Waals surface area contributed by atoms with E-state index in [9.17, 15) is 9.18 Å². The maximum atomic E-state index is 12.9. The first-order valence-electron chi connectivity index (χ1n) is 4.95. The first kappa shape index (κ1) is 10.1. The minimum absolute atomic E-state index is 0.107. The third-order valence-corrected chi connectivity index (χ3v) is 2.41. The van der Waals surface area contributed by atoms with Crippen LogP contribution in [0.25, 0.3) is 0 Å². The molecule has 1 aromatic rings. The number of amides is 1. The average Bonchev–Trinajstić information content (AvgIpc) is 2.29. The number of carbonyl (C=O) groups excluding carboxylic acids is 1. The second kappa shape index (κ2) is 4.40. The van der Waals surface area contributed by atoms with E-state index >= 15 is 0 Å². The van der Waals surface area contributed by atoms with Gasteiger partial charge in [0.15, 0.2) is 0 Å². The Balaban J connectivity index is 2.12. The zero-order chi connectivity index (χ0) is 10.7. The van der Waals surface area contributed by atoms with E-state index in [0.29, 0.717) is 31.7 Å². The van der Waals surface area contributed by atoms with Gasteiger partial charge in [-0.3, -0.25) is 4.79 Å². The van der Waals surface area contributed by atoms with Gasteiger partial charge in [0.05, 0.1) is 0 Å². The summed E-state index contributed by atoms with van der Waals surface area (Å²) >= 11 is 0. The molecule has 0 atom stereocenters. The minimum Gasteiger partial charge on any atom is -0.336 e. The van der Waals surface area contributed by atoms with Gasteiger partial charge in [0.1, 0.15) is 5.82 Å². The van der Waals surface area contributed by atoms with Crippen molar-refractivity contribution in [1.82, 2.24) is 10.2 Å². The average molecular weight is 207 g/mol. The fourth-order valence-corrected chi connectivity index (χ4v) is 1.61. The van der Waals surface area contributed by atoms with Crippen LogP contribution in [0.5, 0.6) is 0 Å². The van der Waals surface area contributed by atoms with Gasteiger partial charge < -0.3 is 4.90 Å². The Hall–Kier alpha value is -1.42. The van der Waals surface area contributed by atoms with Crippen LogP contribution in [0.3, 0.4) is 0 Å². The molecule has 0 unspecified atom stereocenters. The van der Waals surface area contributed by atoms with Crippen LogP contribution >= 0.6 is 0 Å². The Morgan fingerprint density at radius 2 is 2.07 bits per heavy atom. The van der Waals surface area contributed by atoms with Crippen molar-refractivity contribution in [2.45, 2.75) is 0 Å². The quantitative estimate of drug-likeness (QED) is 0.673. The van der Waals surface area contributed by atoms with E-state index in [1.54, 1.807) is 17.0 Å². The number of hydrogen-bond acceptors (Lipinski definition) is 1. The van der Waals surface area contributed by atoms with Gasteiger partial charge in [-0.15, -0.1) is 0 Å². The van der Waals surface area contributed by atoms with Gasteiger partial charge in [-0.05, 0) is 18.2 Å². The molecule has 1 radical (unpaired) electrons. The largest absolute Gasteiger partial charge is 0.336 e. The summed E-state index contributed by atoms with van der Waals surface area (Å²) in [6.45, 7) is 2.63. The second-order valence-electron chi connectivity index (χ2n) is 3.47. The Bertz CT molecular complexity index is 361. The highest BCUT2D eigenvalue weighted by molar-refractivity contribution is 5.94. The van der Waals surface area contributed by atoms with E-state index in [1.165, 1.54) is 12.1 Å². The summed E-state index contributed by atoms with van der Waals surface area (Å²) in [6.07, 6.45) is 0. The van der Waals surface area contributed by atoms with Crippen LogP contribution < -0.4 is 5.32 Å². The van der Waals surface area contributed by atoms with Crippen molar-refractivity contribution in [2.75, 3.05) is 26.2 Å². The Kier molecular flexibility index (Phi) is 2.97. The molecule has 2 rings (SSSR count). The van der Waals surface area contributed by atoms with Crippen molar-refractivity contribution in [3.05, 3.63) is 35.6 Å². The molecule has 4 heteroatoms. The van der Waals surface area contributed by atoms with Crippen LogP contribution in [0.4, 0.5) is 4.39 Å². The number of hydrogen-bond donors (Lipinski definition) is 0. The molecule has 1 heterocycles. The highest BCUT2D eigenvalue weighted by Gasteiger charge is 2.18.